The Balaban J connectivity index is 1.81. The Morgan fingerprint density at radius 1 is 1.29 bits per heavy atom. The number of hydrogen-bond acceptors (Lipinski definition) is 6. The lowest BCUT2D eigenvalue weighted by molar-refractivity contribution is 0.0589. The molecule has 0 aromatic carbocycles. The molecule has 1 fully saturated rings. The third-order valence-electron chi connectivity index (χ3n) is 4.20. The van der Waals surface area contributed by atoms with Gasteiger partial charge in [-0.05, 0) is 32.3 Å². The van der Waals surface area contributed by atoms with E-state index in [4.69, 9.17) is 9.72 Å². The first-order valence-corrected chi connectivity index (χ1v) is 8.95. The van der Waals surface area contributed by atoms with Gasteiger partial charge in [0, 0.05) is 30.2 Å². The molecule has 1 saturated heterocycles. The molecule has 0 unspecified atom stereocenters. The van der Waals surface area contributed by atoms with Crippen molar-refractivity contribution in [1.29, 1.82) is 0 Å². The van der Waals surface area contributed by atoms with Crippen LogP contribution in [0.15, 0.2) is 17.6 Å². The lowest BCUT2D eigenvalue weighted by Crippen LogP contribution is -2.29. The van der Waals surface area contributed by atoms with Gasteiger partial charge in [0.1, 0.15) is 5.69 Å². The number of thiazole rings is 1. The van der Waals surface area contributed by atoms with Crippen LogP contribution in [-0.4, -0.2) is 41.5 Å². The van der Waals surface area contributed by atoms with E-state index < -0.39 is 5.97 Å². The maximum absolute atomic E-state index is 11.9. The van der Waals surface area contributed by atoms with Gasteiger partial charge in [-0.25, -0.2) is 9.78 Å². The number of carbonyl (C=O) groups is 2. The summed E-state index contributed by atoms with van der Waals surface area (Å²) in [6.07, 6.45) is 5.39. The molecule has 0 radical (unpaired) electrons. The summed E-state index contributed by atoms with van der Waals surface area (Å²) in [5.74, 6) is -0.528. The van der Waals surface area contributed by atoms with Crippen molar-refractivity contribution in [2.75, 3.05) is 25.1 Å². The van der Waals surface area contributed by atoms with Gasteiger partial charge in [-0.1, -0.05) is 0 Å². The van der Waals surface area contributed by atoms with Gasteiger partial charge in [-0.15, -0.1) is 11.3 Å². The maximum atomic E-state index is 11.9. The van der Waals surface area contributed by atoms with Crippen molar-refractivity contribution in [2.24, 2.45) is 0 Å². The summed E-state index contributed by atoms with van der Waals surface area (Å²) < 4.78 is 6.54. The van der Waals surface area contributed by atoms with Gasteiger partial charge in [0.15, 0.2) is 10.9 Å². The summed E-state index contributed by atoms with van der Waals surface area (Å²) in [6.45, 7) is 4.04. The van der Waals surface area contributed by atoms with Gasteiger partial charge in [0.2, 0.25) is 0 Å². The predicted molar refractivity (Wildman–Crippen MR) is 93.1 cm³/mol. The highest BCUT2D eigenvalue weighted by Gasteiger charge is 2.18. The average molecular weight is 347 g/mol. The number of aromatic nitrogens is 2. The number of rotatable bonds is 5. The SMILES string of the molecule is COC(=O)c1cc(C(C)=O)cn1Cc1csc(N2CCCCC2)n1. The Bertz CT molecular complexity index is 744. The predicted octanol–water partition coefficient (Wildman–Crippen LogP) is 2.97. The van der Waals surface area contributed by atoms with Crippen molar-refractivity contribution in [2.45, 2.75) is 32.7 Å². The van der Waals surface area contributed by atoms with Gasteiger partial charge >= 0.3 is 5.97 Å². The number of nitrogens with zero attached hydrogens (tertiary/aromatic N) is 3. The van der Waals surface area contributed by atoms with Crippen LogP contribution in [0, 0.1) is 0 Å². The zero-order valence-corrected chi connectivity index (χ0v) is 14.8. The standard InChI is InChI=1S/C17H21N3O3S/c1-12(21)13-8-15(16(22)23-2)20(9-13)10-14-11-24-17(18-14)19-6-4-3-5-7-19/h8-9,11H,3-7,10H2,1-2H3. The molecule has 24 heavy (non-hydrogen) atoms. The van der Waals surface area contributed by atoms with Gasteiger partial charge in [0.05, 0.1) is 19.3 Å². The highest BCUT2D eigenvalue weighted by molar-refractivity contribution is 7.13. The molecule has 2 aromatic heterocycles. The van der Waals surface area contributed by atoms with E-state index in [1.807, 2.05) is 5.38 Å². The number of carbonyl (C=O) groups excluding carboxylic acids is 2. The second-order valence-corrected chi connectivity index (χ2v) is 6.80. The molecular weight excluding hydrogens is 326 g/mol. The van der Waals surface area contributed by atoms with Crippen molar-refractivity contribution in [3.63, 3.8) is 0 Å². The number of ketones is 1. The van der Waals surface area contributed by atoms with Crippen molar-refractivity contribution < 1.29 is 14.3 Å². The van der Waals surface area contributed by atoms with E-state index in [1.165, 1.54) is 33.3 Å². The number of ether oxygens (including phenoxy) is 1. The van der Waals surface area contributed by atoms with Crippen molar-refractivity contribution in [3.8, 4) is 0 Å². The number of methoxy groups -OCH3 is 1. The molecule has 1 aliphatic heterocycles. The average Bonchev–Trinajstić information content (AvgIpc) is 3.23. The summed E-state index contributed by atoms with van der Waals surface area (Å²) >= 11 is 1.63. The first-order chi connectivity index (χ1) is 11.6. The molecule has 3 rings (SSSR count). The van der Waals surface area contributed by atoms with Crippen LogP contribution in [0.3, 0.4) is 0 Å². The van der Waals surface area contributed by atoms with Gasteiger partial charge in [0.25, 0.3) is 0 Å². The molecule has 0 N–H and O–H groups in total. The normalized spacial score (nSPS) is 14.7. The van der Waals surface area contributed by atoms with Crippen LogP contribution < -0.4 is 4.90 Å². The van der Waals surface area contributed by atoms with E-state index in [9.17, 15) is 9.59 Å². The van der Waals surface area contributed by atoms with Crippen molar-refractivity contribution in [3.05, 3.63) is 34.6 Å². The van der Waals surface area contributed by atoms with Crippen LogP contribution >= 0.6 is 11.3 Å². The molecule has 2 aromatic rings. The fourth-order valence-electron chi connectivity index (χ4n) is 2.88. The Hall–Kier alpha value is -2.15. The third-order valence-corrected chi connectivity index (χ3v) is 5.15. The van der Waals surface area contributed by atoms with Crippen molar-refractivity contribution in [1.82, 2.24) is 9.55 Å². The molecule has 0 amide bonds. The molecule has 0 atom stereocenters. The number of Topliss-reactive ketones (excluding diaryl/α,β-unsaturated/α-hetero) is 1. The monoisotopic (exact) mass is 347 g/mol. The van der Waals surface area contributed by atoms with Crippen LogP contribution in [0.1, 0.15) is 52.7 Å². The molecule has 128 valence electrons. The van der Waals surface area contributed by atoms with Crippen molar-refractivity contribution >= 4 is 28.2 Å². The lowest BCUT2D eigenvalue weighted by Gasteiger charge is -2.25. The summed E-state index contributed by atoms with van der Waals surface area (Å²) in [5.41, 5.74) is 1.76. The first kappa shape index (κ1) is 16.7. The minimum Gasteiger partial charge on any atom is -0.464 e. The molecule has 7 heteroatoms. The zero-order chi connectivity index (χ0) is 17.1. The van der Waals surface area contributed by atoms with Crippen LogP contribution in [-0.2, 0) is 11.3 Å². The Labute approximate surface area is 145 Å². The quantitative estimate of drug-likeness (QED) is 0.614. The summed E-state index contributed by atoms with van der Waals surface area (Å²) in [6, 6.07) is 1.58. The molecule has 0 saturated carbocycles. The second kappa shape index (κ2) is 7.17. The smallest absolute Gasteiger partial charge is 0.354 e. The van der Waals surface area contributed by atoms with E-state index in [-0.39, 0.29) is 5.78 Å². The Morgan fingerprint density at radius 2 is 2.04 bits per heavy atom. The topological polar surface area (TPSA) is 64.4 Å². The number of hydrogen-bond donors (Lipinski definition) is 0. The maximum Gasteiger partial charge on any atom is 0.354 e. The molecule has 0 aliphatic carbocycles. The van der Waals surface area contributed by atoms with Crippen LogP contribution in [0.25, 0.3) is 0 Å². The number of esters is 1. The lowest BCUT2D eigenvalue weighted by atomic mass is 10.1. The minimum absolute atomic E-state index is 0.0776. The second-order valence-electron chi connectivity index (χ2n) is 5.96. The largest absolute Gasteiger partial charge is 0.464 e. The highest BCUT2D eigenvalue weighted by Crippen LogP contribution is 2.25. The van der Waals surface area contributed by atoms with Crippen LogP contribution in [0.5, 0.6) is 0 Å². The molecular formula is C17H21N3O3S. The number of piperidine rings is 1. The van der Waals surface area contributed by atoms with Gasteiger partial charge in [-0.3, -0.25) is 4.79 Å². The highest BCUT2D eigenvalue weighted by atomic mass is 32.1. The van der Waals surface area contributed by atoms with Gasteiger partial charge in [-0.2, -0.15) is 0 Å². The minimum atomic E-state index is -0.450. The zero-order valence-electron chi connectivity index (χ0n) is 13.9. The van der Waals surface area contributed by atoms with E-state index >= 15 is 0 Å². The fourth-order valence-corrected chi connectivity index (χ4v) is 3.75. The molecule has 1 aliphatic rings. The van der Waals surface area contributed by atoms with E-state index in [0.717, 1.165) is 23.9 Å². The number of anilines is 1. The van der Waals surface area contributed by atoms with E-state index in [2.05, 4.69) is 4.90 Å². The van der Waals surface area contributed by atoms with Crippen LogP contribution in [0.2, 0.25) is 0 Å². The Kier molecular flexibility index (Phi) is 4.99. The summed E-state index contributed by atoms with van der Waals surface area (Å²) in [4.78, 5) is 30.5. The van der Waals surface area contributed by atoms with E-state index in [0.29, 0.717) is 17.8 Å². The summed E-state index contributed by atoms with van der Waals surface area (Å²) in [5, 5.41) is 3.04. The third kappa shape index (κ3) is 3.51. The summed E-state index contributed by atoms with van der Waals surface area (Å²) in [7, 11) is 1.34. The molecule has 0 bridgehead atoms. The fraction of sp³-hybridized carbons (Fsp3) is 0.471. The molecule has 0 spiro atoms. The van der Waals surface area contributed by atoms with E-state index in [1.54, 1.807) is 28.2 Å². The van der Waals surface area contributed by atoms with Crippen LogP contribution in [0.4, 0.5) is 5.13 Å². The van der Waals surface area contributed by atoms with Gasteiger partial charge < -0.3 is 14.2 Å². The Morgan fingerprint density at radius 3 is 2.71 bits per heavy atom. The molecule has 6 nitrogen and oxygen atoms in total. The first-order valence-electron chi connectivity index (χ1n) is 8.07. The molecule has 3 heterocycles.